The molecule has 1 aromatic heterocycles. The molecule has 3 rings (SSSR count). The summed E-state index contributed by atoms with van der Waals surface area (Å²) in [7, 11) is 0. The number of aromatic nitrogens is 1. The van der Waals surface area contributed by atoms with Crippen molar-refractivity contribution in [1.29, 1.82) is 0 Å². The molecule has 2 saturated heterocycles. The van der Waals surface area contributed by atoms with E-state index in [0.717, 1.165) is 37.3 Å². The van der Waals surface area contributed by atoms with Crippen LogP contribution in [0.3, 0.4) is 0 Å². The van der Waals surface area contributed by atoms with E-state index in [-0.39, 0.29) is 5.91 Å². The second-order valence-corrected chi connectivity index (χ2v) is 5.92. The number of anilines is 1. The van der Waals surface area contributed by atoms with Gasteiger partial charge < -0.3 is 16.0 Å². The lowest BCUT2D eigenvalue weighted by Gasteiger charge is -2.41. The zero-order valence-electron chi connectivity index (χ0n) is 11.2. The molecule has 3 N–H and O–H groups in total. The Bertz CT molecular complexity index is 530. The maximum absolute atomic E-state index is 11.4. The minimum Gasteiger partial charge on any atom is -0.389 e. The zero-order chi connectivity index (χ0) is 14.1. The number of thiocarbonyl (C=S) groups is 1. The van der Waals surface area contributed by atoms with Crippen LogP contribution in [-0.4, -0.2) is 35.0 Å². The molecule has 2 unspecified atom stereocenters. The van der Waals surface area contributed by atoms with E-state index in [9.17, 15) is 4.79 Å². The quantitative estimate of drug-likeness (QED) is 0.789. The van der Waals surface area contributed by atoms with Crippen LogP contribution in [0.15, 0.2) is 18.3 Å². The second kappa shape index (κ2) is 5.36. The number of nitrogens with one attached hydrogen (secondary N) is 1. The average molecular weight is 290 g/mol. The van der Waals surface area contributed by atoms with E-state index in [1.54, 1.807) is 6.20 Å². The molecule has 2 aliphatic heterocycles. The summed E-state index contributed by atoms with van der Waals surface area (Å²) >= 11 is 4.93. The highest BCUT2D eigenvalue weighted by Crippen LogP contribution is 2.27. The van der Waals surface area contributed by atoms with Crippen molar-refractivity contribution in [3.63, 3.8) is 0 Å². The topological polar surface area (TPSA) is 71.2 Å². The van der Waals surface area contributed by atoms with E-state index in [1.165, 1.54) is 0 Å². The number of piperidine rings is 2. The molecule has 0 radical (unpaired) electrons. The lowest BCUT2D eigenvalue weighted by molar-refractivity contribution is -0.124. The van der Waals surface area contributed by atoms with Gasteiger partial charge in [-0.25, -0.2) is 4.98 Å². The van der Waals surface area contributed by atoms with Crippen LogP contribution in [0.25, 0.3) is 0 Å². The fourth-order valence-corrected chi connectivity index (χ4v) is 3.16. The van der Waals surface area contributed by atoms with Gasteiger partial charge in [0, 0.05) is 37.3 Å². The molecule has 106 valence electrons. The summed E-state index contributed by atoms with van der Waals surface area (Å²) in [5.74, 6) is 1.68. The minimum atomic E-state index is 0.193. The van der Waals surface area contributed by atoms with Gasteiger partial charge in [-0.2, -0.15) is 0 Å². The maximum atomic E-state index is 11.4. The number of carbonyl (C=O) groups excluding carboxylic acids is 1. The summed E-state index contributed by atoms with van der Waals surface area (Å²) in [5.41, 5.74) is 6.38. The molecule has 2 fully saturated rings. The zero-order valence-corrected chi connectivity index (χ0v) is 12.0. The van der Waals surface area contributed by atoms with E-state index < -0.39 is 0 Å². The number of hydrogen-bond donors (Lipinski definition) is 2. The lowest BCUT2D eigenvalue weighted by Crippen LogP contribution is -2.54. The molecule has 1 aromatic rings. The van der Waals surface area contributed by atoms with E-state index in [4.69, 9.17) is 18.0 Å². The summed E-state index contributed by atoms with van der Waals surface area (Å²) < 4.78 is 0. The van der Waals surface area contributed by atoms with Crippen molar-refractivity contribution >= 4 is 28.9 Å². The molecular formula is C14H18N4OS. The van der Waals surface area contributed by atoms with Gasteiger partial charge in [0.05, 0.1) is 0 Å². The Morgan fingerprint density at radius 1 is 1.45 bits per heavy atom. The van der Waals surface area contributed by atoms with E-state index in [2.05, 4.69) is 15.2 Å². The molecule has 20 heavy (non-hydrogen) atoms. The number of rotatable bonds is 2. The first kappa shape index (κ1) is 13.3. The van der Waals surface area contributed by atoms with Gasteiger partial charge in [0.25, 0.3) is 0 Å². The molecule has 6 heteroatoms. The highest BCUT2D eigenvalue weighted by Gasteiger charge is 2.34. The monoisotopic (exact) mass is 290 g/mol. The van der Waals surface area contributed by atoms with Crippen LogP contribution in [0, 0.1) is 5.92 Å². The van der Waals surface area contributed by atoms with Gasteiger partial charge in [-0.3, -0.25) is 4.79 Å². The van der Waals surface area contributed by atoms with E-state index in [1.807, 2.05) is 12.1 Å². The molecule has 0 bridgehead atoms. The first-order valence-corrected chi connectivity index (χ1v) is 7.34. The first-order chi connectivity index (χ1) is 9.63. The van der Waals surface area contributed by atoms with Crippen molar-refractivity contribution in [1.82, 2.24) is 10.3 Å². The molecule has 5 nitrogen and oxygen atoms in total. The summed E-state index contributed by atoms with van der Waals surface area (Å²) in [6.07, 6.45) is 4.32. The van der Waals surface area contributed by atoms with Crippen LogP contribution >= 0.6 is 12.2 Å². The molecule has 0 aromatic carbocycles. The number of pyridine rings is 1. The maximum Gasteiger partial charge on any atom is 0.220 e. The lowest BCUT2D eigenvalue weighted by atomic mass is 9.85. The van der Waals surface area contributed by atoms with Gasteiger partial charge in [-0.15, -0.1) is 0 Å². The van der Waals surface area contributed by atoms with Crippen molar-refractivity contribution in [2.45, 2.75) is 25.3 Å². The molecular weight excluding hydrogens is 272 g/mol. The molecule has 3 heterocycles. The fourth-order valence-electron chi connectivity index (χ4n) is 3.04. The third kappa shape index (κ3) is 2.60. The van der Waals surface area contributed by atoms with Crippen molar-refractivity contribution in [3.05, 3.63) is 23.9 Å². The third-order valence-corrected chi connectivity index (χ3v) is 4.41. The van der Waals surface area contributed by atoms with Gasteiger partial charge in [-0.1, -0.05) is 12.2 Å². The summed E-state index contributed by atoms with van der Waals surface area (Å²) in [4.78, 5) is 18.5. The minimum absolute atomic E-state index is 0.193. The van der Waals surface area contributed by atoms with E-state index in [0.29, 0.717) is 23.4 Å². The molecule has 0 spiro atoms. The SMILES string of the molecule is NC(=S)c1ccc(N2CCC3NC(=O)CCC3C2)nc1. The highest BCUT2D eigenvalue weighted by molar-refractivity contribution is 7.80. The van der Waals surface area contributed by atoms with Crippen LogP contribution in [0.4, 0.5) is 5.82 Å². The van der Waals surface area contributed by atoms with Gasteiger partial charge in [0.2, 0.25) is 5.91 Å². The number of hydrogen-bond acceptors (Lipinski definition) is 4. The van der Waals surface area contributed by atoms with Crippen LogP contribution in [0.1, 0.15) is 24.8 Å². The predicted molar refractivity (Wildman–Crippen MR) is 81.6 cm³/mol. The number of nitrogens with two attached hydrogens (primary N) is 1. The van der Waals surface area contributed by atoms with Gasteiger partial charge in [0.1, 0.15) is 10.8 Å². The predicted octanol–water partition coefficient (Wildman–Crippen LogP) is 0.821. The average Bonchev–Trinajstić information content (AvgIpc) is 2.47. The van der Waals surface area contributed by atoms with Crippen LogP contribution in [-0.2, 0) is 4.79 Å². The number of fused-ring (bicyclic) bond motifs is 1. The van der Waals surface area contributed by atoms with Gasteiger partial charge in [-0.05, 0) is 30.9 Å². The van der Waals surface area contributed by atoms with Crippen molar-refractivity contribution < 1.29 is 4.79 Å². The van der Waals surface area contributed by atoms with Crippen LogP contribution in [0.2, 0.25) is 0 Å². The van der Waals surface area contributed by atoms with E-state index >= 15 is 0 Å². The Labute approximate surface area is 123 Å². The van der Waals surface area contributed by atoms with Gasteiger partial charge >= 0.3 is 0 Å². The highest BCUT2D eigenvalue weighted by atomic mass is 32.1. The Morgan fingerprint density at radius 2 is 2.30 bits per heavy atom. The Kier molecular flexibility index (Phi) is 3.56. The second-order valence-electron chi connectivity index (χ2n) is 5.48. The number of nitrogens with zero attached hydrogens (tertiary/aromatic N) is 2. The molecule has 0 saturated carbocycles. The van der Waals surface area contributed by atoms with Crippen molar-refractivity contribution in [2.24, 2.45) is 11.7 Å². The summed E-state index contributed by atoms with van der Waals surface area (Å²) in [6.45, 7) is 1.87. The van der Waals surface area contributed by atoms with Gasteiger partial charge in [0.15, 0.2) is 0 Å². The largest absolute Gasteiger partial charge is 0.389 e. The Balaban J connectivity index is 1.69. The van der Waals surface area contributed by atoms with Crippen LogP contribution < -0.4 is 16.0 Å². The Morgan fingerprint density at radius 3 is 3.00 bits per heavy atom. The summed E-state index contributed by atoms with van der Waals surface area (Å²) in [5, 5.41) is 3.09. The standard InChI is InChI=1S/C14H18N4OS/c15-14(20)9-1-3-12(16-7-9)18-6-5-11-10(8-18)2-4-13(19)17-11/h1,3,7,10-11H,2,4-6,8H2,(H2,15,20)(H,17,19). The smallest absolute Gasteiger partial charge is 0.220 e. The number of amides is 1. The Hall–Kier alpha value is -1.69. The number of carbonyl (C=O) groups is 1. The van der Waals surface area contributed by atoms with Crippen molar-refractivity contribution in [3.8, 4) is 0 Å². The fraction of sp³-hybridized carbons (Fsp3) is 0.500. The van der Waals surface area contributed by atoms with Crippen molar-refractivity contribution in [2.75, 3.05) is 18.0 Å². The summed E-state index contributed by atoms with van der Waals surface area (Å²) in [6, 6.07) is 4.22. The van der Waals surface area contributed by atoms with Crippen LogP contribution in [0.5, 0.6) is 0 Å². The normalized spacial score (nSPS) is 25.8. The molecule has 2 atom stereocenters. The molecule has 2 aliphatic rings. The molecule has 0 aliphatic carbocycles. The first-order valence-electron chi connectivity index (χ1n) is 6.93. The molecule has 1 amide bonds. The third-order valence-electron chi connectivity index (χ3n) is 4.18.